The highest BCUT2D eigenvalue weighted by molar-refractivity contribution is 5.75. The molecule has 0 saturated carbocycles. The Morgan fingerprint density at radius 2 is 2.67 bits per heavy atom. The van der Waals surface area contributed by atoms with Crippen LogP contribution in [0.25, 0.3) is 0 Å². The minimum atomic E-state index is -0.166. The van der Waals surface area contributed by atoms with Gasteiger partial charge in [-0.3, -0.25) is 4.79 Å². The summed E-state index contributed by atoms with van der Waals surface area (Å²) in [6, 6.07) is 1.63. The number of rotatable bonds is 2. The van der Waals surface area contributed by atoms with Gasteiger partial charge in [-0.05, 0) is 0 Å². The third kappa shape index (κ3) is 1.45. The molecule has 1 aliphatic heterocycles. The number of hydrogen-bond acceptors (Lipinski definition) is 4. The molecule has 1 atom stereocenters. The maximum Gasteiger partial charge on any atom is 0.243 e. The Hall–Kier alpha value is -1.36. The van der Waals surface area contributed by atoms with Crippen LogP contribution in [0.4, 0.5) is 0 Å². The molecule has 1 aromatic heterocycles. The standard InChI is InChI=1S/C7H8N2O3/c1-5(10)9-3-2-6(8-9)12-7-4-11-7/h2-3,7H,4H2,1H3. The molecule has 2 rings (SSSR count). The molecule has 0 N–H and O–H groups in total. The molecular weight excluding hydrogens is 160 g/mol. The first-order valence-electron chi connectivity index (χ1n) is 3.60. The topological polar surface area (TPSA) is 56.6 Å². The first kappa shape index (κ1) is 7.30. The monoisotopic (exact) mass is 168 g/mol. The Labute approximate surface area is 68.9 Å². The summed E-state index contributed by atoms with van der Waals surface area (Å²) in [6.45, 7) is 2.04. The molecule has 0 aliphatic carbocycles. The molecule has 0 bridgehead atoms. The van der Waals surface area contributed by atoms with E-state index in [1.165, 1.54) is 11.6 Å². The summed E-state index contributed by atoms with van der Waals surface area (Å²) in [6.07, 6.45) is 1.39. The van der Waals surface area contributed by atoms with Crippen LogP contribution in [-0.4, -0.2) is 28.6 Å². The number of carbonyl (C=O) groups excluding carboxylic acids is 1. The average Bonchev–Trinajstić information content (AvgIpc) is 2.66. The SMILES string of the molecule is CC(=O)n1ccc(OC2CO2)n1. The molecule has 12 heavy (non-hydrogen) atoms. The fourth-order valence-electron chi connectivity index (χ4n) is 0.787. The largest absolute Gasteiger partial charge is 0.444 e. The molecule has 0 radical (unpaired) electrons. The van der Waals surface area contributed by atoms with E-state index in [4.69, 9.17) is 9.47 Å². The first-order chi connectivity index (χ1) is 5.75. The number of epoxide rings is 1. The van der Waals surface area contributed by atoms with E-state index in [1.54, 1.807) is 12.3 Å². The molecule has 5 nitrogen and oxygen atoms in total. The number of hydrogen-bond donors (Lipinski definition) is 0. The van der Waals surface area contributed by atoms with Gasteiger partial charge in [0.15, 0.2) is 0 Å². The van der Waals surface area contributed by atoms with Crippen molar-refractivity contribution in [1.82, 2.24) is 9.78 Å². The summed E-state index contributed by atoms with van der Waals surface area (Å²) in [7, 11) is 0. The zero-order chi connectivity index (χ0) is 8.55. The highest BCUT2D eigenvalue weighted by Gasteiger charge is 2.25. The minimum Gasteiger partial charge on any atom is -0.444 e. The summed E-state index contributed by atoms with van der Waals surface area (Å²) in [5.74, 6) is 0.286. The fourth-order valence-corrected chi connectivity index (χ4v) is 0.787. The second kappa shape index (κ2) is 2.60. The number of nitrogens with zero attached hydrogens (tertiary/aromatic N) is 2. The predicted octanol–water partition coefficient (Wildman–Crippen LogP) is 0.278. The van der Waals surface area contributed by atoms with Crippen molar-refractivity contribution in [2.45, 2.75) is 13.2 Å². The Balaban J connectivity index is 2.06. The molecule has 1 fully saturated rings. The lowest BCUT2D eigenvalue weighted by atomic mass is 10.7. The summed E-state index contributed by atoms with van der Waals surface area (Å²) in [5, 5.41) is 3.85. The van der Waals surface area contributed by atoms with E-state index in [2.05, 4.69) is 5.10 Å². The lowest BCUT2D eigenvalue weighted by Gasteiger charge is -1.94. The molecule has 0 aromatic carbocycles. The van der Waals surface area contributed by atoms with Gasteiger partial charge >= 0.3 is 0 Å². The van der Waals surface area contributed by atoms with Gasteiger partial charge in [0, 0.05) is 19.2 Å². The van der Waals surface area contributed by atoms with Crippen molar-refractivity contribution in [2.75, 3.05) is 6.61 Å². The van der Waals surface area contributed by atoms with Crippen molar-refractivity contribution in [3.05, 3.63) is 12.3 Å². The summed E-state index contributed by atoms with van der Waals surface area (Å²) in [4.78, 5) is 10.8. The molecule has 0 amide bonds. The predicted molar refractivity (Wildman–Crippen MR) is 38.9 cm³/mol. The Bertz CT molecular complexity index is 303. The van der Waals surface area contributed by atoms with E-state index in [9.17, 15) is 4.79 Å². The molecular formula is C7H8N2O3. The summed E-state index contributed by atoms with van der Waals surface area (Å²) in [5.41, 5.74) is 0. The minimum absolute atomic E-state index is 0.137. The lowest BCUT2D eigenvalue weighted by molar-refractivity contribution is 0.0915. The van der Waals surface area contributed by atoms with Crippen LogP contribution in [0.5, 0.6) is 5.88 Å². The van der Waals surface area contributed by atoms with Gasteiger partial charge in [-0.1, -0.05) is 0 Å². The van der Waals surface area contributed by atoms with Crippen molar-refractivity contribution in [1.29, 1.82) is 0 Å². The van der Waals surface area contributed by atoms with Crippen LogP contribution < -0.4 is 4.74 Å². The normalized spacial score (nSPS) is 20.6. The molecule has 1 aliphatic rings. The molecule has 64 valence electrons. The average molecular weight is 168 g/mol. The quantitative estimate of drug-likeness (QED) is 0.595. The lowest BCUT2D eigenvalue weighted by Crippen LogP contribution is -2.06. The summed E-state index contributed by atoms with van der Waals surface area (Å²) >= 11 is 0. The van der Waals surface area contributed by atoms with Gasteiger partial charge in [-0.15, -0.1) is 5.10 Å². The zero-order valence-corrected chi connectivity index (χ0v) is 6.56. The van der Waals surface area contributed by atoms with Gasteiger partial charge in [-0.25, -0.2) is 4.68 Å². The van der Waals surface area contributed by atoms with Gasteiger partial charge in [0.1, 0.15) is 6.61 Å². The maximum atomic E-state index is 10.8. The van der Waals surface area contributed by atoms with Crippen LogP contribution in [0.15, 0.2) is 12.3 Å². The molecule has 2 heterocycles. The highest BCUT2D eigenvalue weighted by atomic mass is 16.8. The first-order valence-corrected chi connectivity index (χ1v) is 3.60. The fraction of sp³-hybridized carbons (Fsp3) is 0.429. The van der Waals surface area contributed by atoms with Crippen LogP contribution in [0.1, 0.15) is 11.7 Å². The molecule has 1 saturated heterocycles. The van der Waals surface area contributed by atoms with Crippen molar-refractivity contribution in [3.63, 3.8) is 0 Å². The third-order valence-electron chi connectivity index (χ3n) is 1.44. The van der Waals surface area contributed by atoms with Crippen LogP contribution in [0.3, 0.4) is 0 Å². The number of carbonyl (C=O) groups is 1. The zero-order valence-electron chi connectivity index (χ0n) is 6.56. The van der Waals surface area contributed by atoms with Crippen molar-refractivity contribution in [3.8, 4) is 5.88 Å². The van der Waals surface area contributed by atoms with Crippen LogP contribution in [0.2, 0.25) is 0 Å². The highest BCUT2D eigenvalue weighted by Crippen LogP contribution is 2.15. The van der Waals surface area contributed by atoms with E-state index in [0.717, 1.165) is 0 Å². The van der Waals surface area contributed by atoms with Gasteiger partial charge in [-0.2, -0.15) is 0 Å². The van der Waals surface area contributed by atoms with Crippen molar-refractivity contribution in [2.24, 2.45) is 0 Å². The third-order valence-corrected chi connectivity index (χ3v) is 1.44. The maximum absolute atomic E-state index is 10.8. The van der Waals surface area contributed by atoms with Crippen LogP contribution >= 0.6 is 0 Å². The van der Waals surface area contributed by atoms with E-state index < -0.39 is 0 Å². The van der Waals surface area contributed by atoms with Gasteiger partial charge in [0.25, 0.3) is 0 Å². The number of ether oxygens (including phenoxy) is 2. The van der Waals surface area contributed by atoms with E-state index in [-0.39, 0.29) is 12.2 Å². The Morgan fingerprint density at radius 1 is 1.92 bits per heavy atom. The summed E-state index contributed by atoms with van der Waals surface area (Å²) < 4.78 is 11.2. The van der Waals surface area contributed by atoms with Crippen molar-refractivity contribution < 1.29 is 14.3 Å². The van der Waals surface area contributed by atoms with Gasteiger partial charge in [0.2, 0.25) is 18.1 Å². The van der Waals surface area contributed by atoms with Gasteiger partial charge < -0.3 is 9.47 Å². The van der Waals surface area contributed by atoms with Crippen LogP contribution in [-0.2, 0) is 4.74 Å². The Kier molecular flexibility index (Phi) is 1.58. The van der Waals surface area contributed by atoms with Crippen LogP contribution in [0, 0.1) is 0 Å². The number of aromatic nitrogens is 2. The second-order valence-corrected chi connectivity index (χ2v) is 2.50. The molecule has 0 spiro atoms. The van der Waals surface area contributed by atoms with E-state index >= 15 is 0 Å². The molecule has 1 aromatic rings. The van der Waals surface area contributed by atoms with Gasteiger partial charge in [0.05, 0.1) is 0 Å². The van der Waals surface area contributed by atoms with E-state index in [1.807, 2.05) is 0 Å². The second-order valence-electron chi connectivity index (χ2n) is 2.50. The molecule has 1 unspecified atom stereocenters. The Morgan fingerprint density at radius 3 is 3.17 bits per heavy atom. The molecule has 5 heteroatoms. The smallest absolute Gasteiger partial charge is 0.243 e. The van der Waals surface area contributed by atoms with Crippen molar-refractivity contribution >= 4 is 5.91 Å². The van der Waals surface area contributed by atoms with E-state index in [0.29, 0.717) is 12.5 Å².